The topological polar surface area (TPSA) is 35.5 Å². The number of ether oxygens (including phenoxy) is 2. The highest BCUT2D eigenvalue weighted by Crippen LogP contribution is 2.30. The highest BCUT2D eigenvalue weighted by molar-refractivity contribution is 5.97. The number of ketones is 1. The fourth-order valence-electron chi connectivity index (χ4n) is 2.05. The van der Waals surface area contributed by atoms with E-state index in [-0.39, 0.29) is 5.78 Å². The van der Waals surface area contributed by atoms with Gasteiger partial charge in [0.05, 0.1) is 14.2 Å². The van der Waals surface area contributed by atoms with Gasteiger partial charge in [-0.3, -0.25) is 4.79 Å². The van der Waals surface area contributed by atoms with Crippen LogP contribution in [-0.2, 0) is 0 Å². The molecule has 0 saturated carbocycles. The highest BCUT2D eigenvalue weighted by atomic mass is 16.5. The van der Waals surface area contributed by atoms with Gasteiger partial charge in [-0.2, -0.15) is 0 Å². The van der Waals surface area contributed by atoms with Crippen LogP contribution in [0.25, 0.3) is 11.1 Å². The molecule has 0 spiro atoms. The van der Waals surface area contributed by atoms with Crippen molar-refractivity contribution in [2.45, 2.75) is 13.3 Å². The number of Topliss-reactive ketones (excluding diaryl/α,β-unsaturated/α-hetero) is 1. The van der Waals surface area contributed by atoms with E-state index in [2.05, 4.69) is 0 Å². The summed E-state index contributed by atoms with van der Waals surface area (Å²) in [5.74, 6) is 1.60. The Hall–Kier alpha value is -2.29. The molecule has 0 heterocycles. The molecule has 2 aromatic rings. The summed E-state index contributed by atoms with van der Waals surface area (Å²) in [6.45, 7) is 1.86. The Balaban J connectivity index is 2.47. The van der Waals surface area contributed by atoms with Crippen molar-refractivity contribution >= 4 is 5.78 Å². The van der Waals surface area contributed by atoms with Crippen LogP contribution in [0.4, 0.5) is 0 Å². The average molecular weight is 270 g/mol. The van der Waals surface area contributed by atoms with Gasteiger partial charge in [-0.25, -0.2) is 0 Å². The van der Waals surface area contributed by atoms with Crippen molar-refractivity contribution in [3.63, 3.8) is 0 Å². The van der Waals surface area contributed by atoms with Gasteiger partial charge in [0.2, 0.25) is 0 Å². The second kappa shape index (κ2) is 6.24. The summed E-state index contributed by atoms with van der Waals surface area (Å²) in [6, 6.07) is 13.3. The maximum Gasteiger partial charge on any atom is 0.162 e. The molecule has 0 fully saturated rings. The predicted octanol–water partition coefficient (Wildman–Crippen LogP) is 3.96. The Kier molecular flexibility index (Phi) is 4.41. The van der Waals surface area contributed by atoms with Crippen molar-refractivity contribution < 1.29 is 14.3 Å². The van der Waals surface area contributed by atoms with Crippen LogP contribution in [0.2, 0.25) is 0 Å². The normalized spacial score (nSPS) is 10.2. The van der Waals surface area contributed by atoms with Crippen molar-refractivity contribution in [2.75, 3.05) is 14.2 Å². The molecule has 0 N–H and O–H groups in total. The lowest BCUT2D eigenvalue weighted by molar-refractivity contribution is 0.0988. The Labute approximate surface area is 119 Å². The van der Waals surface area contributed by atoms with Crippen LogP contribution in [-0.4, -0.2) is 20.0 Å². The molecule has 0 aliphatic heterocycles. The van der Waals surface area contributed by atoms with E-state index in [4.69, 9.17) is 9.47 Å². The van der Waals surface area contributed by atoms with E-state index in [1.54, 1.807) is 14.2 Å². The highest BCUT2D eigenvalue weighted by Gasteiger charge is 2.07. The number of carbonyl (C=O) groups is 1. The Morgan fingerprint density at radius 3 is 2.15 bits per heavy atom. The third-order valence-corrected chi connectivity index (χ3v) is 3.19. The van der Waals surface area contributed by atoms with Gasteiger partial charge in [0.15, 0.2) is 5.78 Å². The zero-order valence-corrected chi connectivity index (χ0v) is 12.0. The van der Waals surface area contributed by atoms with Crippen LogP contribution < -0.4 is 9.47 Å². The summed E-state index contributed by atoms with van der Waals surface area (Å²) in [5.41, 5.74) is 2.67. The molecule has 0 aliphatic carbocycles. The van der Waals surface area contributed by atoms with Gasteiger partial charge >= 0.3 is 0 Å². The summed E-state index contributed by atoms with van der Waals surface area (Å²) in [7, 11) is 3.24. The molecule has 0 saturated heterocycles. The lowest BCUT2D eigenvalue weighted by Crippen LogP contribution is -1.96. The standard InChI is InChI=1S/C17H18O3/c1-4-17(18)13-7-5-6-12(8-13)14-9-15(19-2)11-16(10-14)20-3/h5-11H,4H2,1-3H3. The van der Waals surface area contributed by atoms with Crippen LogP contribution in [0, 0.1) is 0 Å². The number of benzene rings is 2. The molecule has 0 bridgehead atoms. The molecular weight excluding hydrogens is 252 g/mol. The number of methoxy groups -OCH3 is 2. The Bertz CT molecular complexity index is 595. The first-order chi connectivity index (χ1) is 9.67. The minimum atomic E-state index is 0.140. The first-order valence-electron chi connectivity index (χ1n) is 6.54. The van der Waals surface area contributed by atoms with Crippen molar-refractivity contribution in [3.05, 3.63) is 48.0 Å². The molecule has 3 nitrogen and oxygen atoms in total. The summed E-state index contributed by atoms with van der Waals surface area (Å²) in [6.07, 6.45) is 0.505. The average Bonchev–Trinajstić information content (AvgIpc) is 2.53. The first-order valence-corrected chi connectivity index (χ1v) is 6.54. The van der Waals surface area contributed by atoms with E-state index in [0.29, 0.717) is 6.42 Å². The van der Waals surface area contributed by atoms with Crippen molar-refractivity contribution in [3.8, 4) is 22.6 Å². The first kappa shape index (κ1) is 14.1. The smallest absolute Gasteiger partial charge is 0.162 e. The van der Waals surface area contributed by atoms with Gasteiger partial charge in [-0.1, -0.05) is 25.1 Å². The lowest BCUT2D eigenvalue weighted by atomic mass is 10.00. The van der Waals surface area contributed by atoms with E-state index in [1.807, 2.05) is 49.4 Å². The second-order valence-corrected chi connectivity index (χ2v) is 4.46. The maximum absolute atomic E-state index is 11.8. The number of carbonyl (C=O) groups excluding carboxylic acids is 1. The fraction of sp³-hybridized carbons (Fsp3) is 0.235. The molecule has 0 atom stereocenters. The van der Waals surface area contributed by atoms with Gasteiger partial charge in [-0.05, 0) is 29.3 Å². The van der Waals surface area contributed by atoms with Crippen LogP contribution in [0.1, 0.15) is 23.7 Å². The van der Waals surface area contributed by atoms with E-state index in [9.17, 15) is 4.79 Å². The summed E-state index contributed by atoms with van der Waals surface area (Å²) in [5, 5.41) is 0. The molecular formula is C17H18O3. The number of rotatable bonds is 5. The Morgan fingerprint density at radius 2 is 1.60 bits per heavy atom. The minimum absolute atomic E-state index is 0.140. The molecule has 2 rings (SSSR count). The quantitative estimate of drug-likeness (QED) is 0.771. The van der Waals surface area contributed by atoms with Crippen molar-refractivity contribution in [1.82, 2.24) is 0 Å². The van der Waals surface area contributed by atoms with E-state index < -0.39 is 0 Å². The maximum atomic E-state index is 11.8. The zero-order valence-electron chi connectivity index (χ0n) is 12.0. The fourth-order valence-corrected chi connectivity index (χ4v) is 2.05. The van der Waals surface area contributed by atoms with E-state index >= 15 is 0 Å². The molecule has 2 aromatic carbocycles. The molecule has 3 heteroatoms. The second-order valence-electron chi connectivity index (χ2n) is 4.46. The molecule has 0 amide bonds. The minimum Gasteiger partial charge on any atom is -0.497 e. The lowest BCUT2D eigenvalue weighted by Gasteiger charge is -2.09. The summed E-state index contributed by atoms with van der Waals surface area (Å²) < 4.78 is 10.5. The SMILES string of the molecule is CCC(=O)c1cccc(-c2cc(OC)cc(OC)c2)c1. The van der Waals surface area contributed by atoms with Gasteiger partial charge < -0.3 is 9.47 Å². The zero-order chi connectivity index (χ0) is 14.5. The van der Waals surface area contributed by atoms with Gasteiger partial charge in [0, 0.05) is 18.1 Å². The Morgan fingerprint density at radius 1 is 0.950 bits per heavy atom. The van der Waals surface area contributed by atoms with Crippen molar-refractivity contribution in [1.29, 1.82) is 0 Å². The van der Waals surface area contributed by atoms with E-state index in [1.165, 1.54) is 0 Å². The molecule has 0 aromatic heterocycles. The third-order valence-electron chi connectivity index (χ3n) is 3.19. The monoisotopic (exact) mass is 270 g/mol. The molecule has 104 valence electrons. The number of hydrogen-bond donors (Lipinski definition) is 0. The number of hydrogen-bond acceptors (Lipinski definition) is 3. The van der Waals surface area contributed by atoms with Crippen LogP contribution in [0.15, 0.2) is 42.5 Å². The van der Waals surface area contributed by atoms with Gasteiger partial charge in [-0.15, -0.1) is 0 Å². The molecule has 0 radical (unpaired) electrons. The predicted molar refractivity (Wildman–Crippen MR) is 79.6 cm³/mol. The van der Waals surface area contributed by atoms with E-state index in [0.717, 1.165) is 28.2 Å². The van der Waals surface area contributed by atoms with Crippen LogP contribution in [0.3, 0.4) is 0 Å². The third kappa shape index (κ3) is 2.99. The van der Waals surface area contributed by atoms with Gasteiger partial charge in [0.1, 0.15) is 11.5 Å². The molecule has 20 heavy (non-hydrogen) atoms. The van der Waals surface area contributed by atoms with Crippen LogP contribution in [0.5, 0.6) is 11.5 Å². The largest absolute Gasteiger partial charge is 0.497 e. The van der Waals surface area contributed by atoms with Gasteiger partial charge in [0.25, 0.3) is 0 Å². The summed E-state index contributed by atoms with van der Waals surface area (Å²) in [4.78, 5) is 11.8. The summed E-state index contributed by atoms with van der Waals surface area (Å²) >= 11 is 0. The molecule has 0 unspecified atom stereocenters. The van der Waals surface area contributed by atoms with Crippen LogP contribution >= 0.6 is 0 Å². The van der Waals surface area contributed by atoms with Crippen molar-refractivity contribution in [2.24, 2.45) is 0 Å². The molecule has 0 aliphatic rings.